The highest BCUT2D eigenvalue weighted by Gasteiger charge is 2.53. The zero-order valence-corrected chi connectivity index (χ0v) is 16.5. The number of carbonyl (C=O) groups is 1. The first kappa shape index (κ1) is 18.0. The van der Waals surface area contributed by atoms with Crippen LogP contribution >= 0.6 is 11.8 Å². The van der Waals surface area contributed by atoms with Crippen molar-refractivity contribution in [2.24, 2.45) is 16.8 Å². The Bertz CT molecular complexity index is 737. The third-order valence-corrected chi connectivity index (χ3v) is 7.32. The van der Waals surface area contributed by atoms with E-state index >= 15 is 0 Å². The molecule has 1 amide bonds. The number of nitrogens with one attached hydrogen (secondary N) is 1. The second kappa shape index (κ2) is 6.06. The van der Waals surface area contributed by atoms with E-state index in [4.69, 9.17) is 0 Å². The summed E-state index contributed by atoms with van der Waals surface area (Å²) in [4.78, 5) is 21.1. The van der Waals surface area contributed by atoms with Crippen LogP contribution in [0.1, 0.15) is 58.4 Å². The summed E-state index contributed by atoms with van der Waals surface area (Å²) in [7, 11) is 0. The molecule has 1 aromatic rings. The van der Waals surface area contributed by atoms with Gasteiger partial charge in [0, 0.05) is 17.9 Å². The SMILES string of the molecule is CC1CC2(O)C[C@H](C)CC(NC3=NC(=O)C(C)(c4ccncc4)S3)(C1)C2. The molecule has 0 saturated heterocycles. The number of hydrogen-bond donors (Lipinski definition) is 2. The average molecular weight is 374 g/mol. The van der Waals surface area contributed by atoms with Gasteiger partial charge in [-0.15, -0.1) is 0 Å². The standard InChI is InChI=1S/C20H27N3O2S/c1-13-8-19(9-14(2)11-20(25,10-13)12-19)23-17-22-16(24)18(3,26-17)15-4-6-21-7-5-15/h4-7,13-14,25H,8-12H2,1-3H3,(H,22,23,24)/t13-,14?,18?,19?,20?/m1/s1. The van der Waals surface area contributed by atoms with E-state index < -0.39 is 10.3 Å². The van der Waals surface area contributed by atoms with Crippen molar-refractivity contribution in [2.45, 2.75) is 68.8 Å². The molecule has 1 aliphatic heterocycles. The van der Waals surface area contributed by atoms with Gasteiger partial charge in [0.2, 0.25) is 0 Å². The third kappa shape index (κ3) is 3.07. The number of rotatable bonds is 2. The van der Waals surface area contributed by atoms with Crippen molar-refractivity contribution in [1.82, 2.24) is 10.3 Å². The molecule has 0 radical (unpaired) electrons. The molecule has 2 fully saturated rings. The minimum Gasteiger partial charge on any atom is -0.390 e. The van der Waals surface area contributed by atoms with Crippen molar-refractivity contribution in [1.29, 1.82) is 0 Å². The Balaban J connectivity index is 1.58. The van der Waals surface area contributed by atoms with Crippen molar-refractivity contribution in [3.05, 3.63) is 30.1 Å². The quantitative estimate of drug-likeness (QED) is 0.832. The summed E-state index contributed by atoms with van der Waals surface area (Å²) in [5, 5.41) is 15.4. The number of amidine groups is 1. The Morgan fingerprint density at radius 3 is 2.38 bits per heavy atom. The van der Waals surface area contributed by atoms with Crippen LogP contribution in [0.2, 0.25) is 0 Å². The number of fused-ring (bicyclic) bond motifs is 2. The Morgan fingerprint density at radius 2 is 1.77 bits per heavy atom. The van der Waals surface area contributed by atoms with E-state index in [1.165, 1.54) is 11.8 Å². The fourth-order valence-corrected chi connectivity index (χ4v) is 6.77. The van der Waals surface area contributed by atoms with E-state index in [0.717, 1.165) is 37.7 Å². The second-order valence-corrected chi connectivity index (χ2v) is 10.3. The van der Waals surface area contributed by atoms with E-state index in [1.807, 2.05) is 19.1 Å². The van der Waals surface area contributed by atoms with Gasteiger partial charge in [0.05, 0.1) is 5.60 Å². The highest BCUT2D eigenvalue weighted by Crippen LogP contribution is 2.51. The second-order valence-electron chi connectivity index (χ2n) is 8.93. The largest absolute Gasteiger partial charge is 0.390 e. The molecule has 1 aromatic heterocycles. The minimum absolute atomic E-state index is 0.129. The lowest BCUT2D eigenvalue weighted by Crippen LogP contribution is -2.61. The molecular formula is C20H27N3O2S. The van der Waals surface area contributed by atoms with Crippen LogP contribution < -0.4 is 5.32 Å². The maximum atomic E-state index is 12.7. The molecule has 0 aromatic carbocycles. The number of aliphatic hydroxyl groups is 1. The number of carbonyl (C=O) groups excluding carboxylic acids is 1. The topological polar surface area (TPSA) is 74.6 Å². The van der Waals surface area contributed by atoms with Gasteiger partial charge in [-0.2, -0.15) is 4.99 Å². The predicted molar refractivity (Wildman–Crippen MR) is 104 cm³/mol. The van der Waals surface area contributed by atoms with Crippen LogP contribution in [0.15, 0.2) is 29.5 Å². The minimum atomic E-state index is -0.710. The van der Waals surface area contributed by atoms with Crippen LogP contribution in [0.25, 0.3) is 0 Å². The Labute approximate surface area is 159 Å². The predicted octanol–water partition coefficient (Wildman–Crippen LogP) is 3.24. The zero-order valence-electron chi connectivity index (χ0n) is 15.7. The Hall–Kier alpha value is -1.40. The van der Waals surface area contributed by atoms with Gasteiger partial charge >= 0.3 is 0 Å². The molecule has 2 heterocycles. The highest BCUT2D eigenvalue weighted by atomic mass is 32.2. The van der Waals surface area contributed by atoms with Crippen molar-refractivity contribution in [3.8, 4) is 0 Å². The molecule has 0 spiro atoms. The fourth-order valence-electron chi connectivity index (χ4n) is 5.60. The van der Waals surface area contributed by atoms with Crippen LogP contribution in [0, 0.1) is 11.8 Å². The first-order valence-corrected chi connectivity index (χ1v) is 10.3. The first-order valence-electron chi connectivity index (χ1n) is 9.45. The van der Waals surface area contributed by atoms with Gasteiger partial charge < -0.3 is 10.4 Å². The van der Waals surface area contributed by atoms with E-state index in [2.05, 4.69) is 29.1 Å². The Morgan fingerprint density at radius 1 is 1.15 bits per heavy atom. The van der Waals surface area contributed by atoms with Crippen LogP contribution in [-0.2, 0) is 9.54 Å². The van der Waals surface area contributed by atoms with E-state index in [-0.39, 0.29) is 11.4 Å². The van der Waals surface area contributed by atoms with Gasteiger partial charge in [-0.25, -0.2) is 0 Å². The molecule has 5 atom stereocenters. The molecular weight excluding hydrogens is 346 g/mol. The van der Waals surface area contributed by atoms with Crippen LogP contribution in [0.5, 0.6) is 0 Å². The summed E-state index contributed by atoms with van der Waals surface area (Å²) in [5.41, 5.74) is 0.163. The molecule has 5 nitrogen and oxygen atoms in total. The number of aromatic nitrogens is 1. The molecule has 6 heteroatoms. The number of pyridine rings is 1. The zero-order chi connectivity index (χ0) is 18.6. The molecule has 140 valence electrons. The highest BCUT2D eigenvalue weighted by molar-refractivity contribution is 8.15. The summed E-state index contributed by atoms with van der Waals surface area (Å²) in [6.07, 6.45) is 7.93. The number of amides is 1. The average Bonchev–Trinajstić information content (AvgIpc) is 2.80. The van der Waals surface area contributed by atoms with Crippen molar-refractivity contribution >= 4 is 22.8 Å². The summed E-state index contributed by atoms with van der Waals surface area (Å²) >= 11 is 1.49. The number of aliphatic imine (C=N–C) groups is 1. The molecule has 2 N–H and O–H groups in total. The lowest BCUT2D eigenvalue weighted by Gasteiger charge is -2.54. The summed E-state index contributed by atoms with van der Waals surface area (Å²) < 4.78 is -0.710. The molecule has 2 bridgehead atoms. The monoisotopic (exact) mass is 373 g/mol. The molecule has 2 saturated carbocycles. The molecule has 3 aliphatic rings. The summed E-state index contributed by atoms with van der Waals surface area (Å²) in [6, 6.07) is 3.76. The van der Waals surface area contributed by atoms with Gasteiger partial charge in [0.15, 0.2) is 5.17 Å². The number of nitrogens with zero attached hydrogens (tertiary/aromatic N) is 2. The van der Waals surface area contributed by atoms with Crippen molar-refractivity contribution in [3.63, 3.8) is 0 Å². The molecule has 2 aliphatic carbocycles. The maximum Gasteiger partial charge on any atom is 0.268 e. The van der Waals surface area contributed by atoms with Gasteiger partial charge in [0.25, 0.3) is 5.91 Å². The third-order valence-electron chi connectivity index (χ3n) is 6.12. The van der Waals surface area contributed by atoms with Crippen LogP contribution in [0.4, 0.5) is 0 Å². The van der Waals surface area contributed by atoms with Crippen LogP contribution in [0.3, 0.4) is 0 Å². The fraction of sp³-hybridized carbons (Fsp3) is 0.650. The van der Waals surface area contributed by atoms with E-state index in [0.29, 0.717) is 17.0 Å². The van der Waals surface area contributed by atoms with Gasteiger partial charge in [-0.05, 0) is 68.6 Å². The van der Waals surface area contributed by atoms with Gasteiger partial charge in [-0.1, -0.05) is 25.6 Å². The lowest BCUT2D eigenvalue weighted by molar-refractivity contribution is -0.119. The van der Waals surface area contributed by atoms with E-state index in [1.54, 1.807) is 12.4 Å². The van der Waals surface area contributed by atoms with Crippen LogP contribution in [-0.4, -0.2) is 32.3 Å². The van der Waals surface area contributed by atoms with Gasteiger partial charge in [-0.3, -0.25) is 9.78 Å². The number of hydrogen-bond acceptors (Lipinski definition) is 5. The van der Waals surface area contributed by atoms with Gasteiger partial charge in [0.1, 0.15) is 4.75 Å². The molecule has 4 rings (SSSR count). The number of thioether (sulfide) groups is 1. The maximum absolute atomic E-state index is 12.7. The lowest BCUT2D eigenvalue weighted by atomic mass is 9.59. The van der Waals surface area contributed by atoms with E-state index in [9.17, 15) is 9.90 Å². The van der Waals surface area contributed by atoms with Crippen molar-refractivity contribution in [2.75, 3.05) is 0 Å². The molecule has 4 unspecified atom stereocenters. The normalized spacial score (nSPS) is 42.5. The Kier molecular flexibility index (Phi) is 4.19. The van der Waals surface area contributed by atoms with Crippen molar-refractivity contribution < 1.29 is 9.90 Å². The summed E-state index contributed by atoms with van der Waals surface area (Å²) in [6.45, 7) is 6.35. The smallest absolute Gasteiger partial charge is 0.268 e. The first-order chi connectivity index (χ1) is 12.2. The summed E-state index contributed by atoms with van der Waals surface area (Å²) in [5.74, 6) is 0.793. The molecule has 26 heavy (non-hydrogen) atoms.